The van der Waals surface area contributed by atoms with E-state index in [1.807, 2.05) is 18.0 Å². The van der Waals surface area contributed by atoms with Gasteiger partial charge in [-0.3, -0.25) is 14.7 Å². The Hall–Kier alpha value is -1.32. The molecule has 1 aliphatic rings. The highest BCUT2D eigenvalue weighted by Crippen LogP contribution is 1.98. The van der Waals surface area contributed by atoms with Gasteiger partial charge >= 0.3 is 6.03 Å². The van der Waals surface area contributed by atoms with Crippen molar-refractivity contribution in [2.45, 2.75) is 12.8 Å². The van der Waals surface area contributed by atoms with Crippen LogP contribution in [0, 0.1) is 0 Å². The quantitative estimate of drug-likeness (QED) is 0.162. The third kappa shape index (κ3) is 6.32. The molecule has 0 aliphatic carbocycles. The average molecular weight is 409 g/mol. The van der Waals surface area contributed by atoms with Gasteiger partial charge in [-0.25, -0.2) is 4.79 Å². The summed E-state index contributed by atoms with van der Waals surface area (Å²) in [6.07, 6.45) is 3.86. The second-order valence-electron chi connectivity index (χ2n) is 4.53. The van der Waals surface area contributed by atoms with Gasteiger partial charge in [0, 0.05) is 33.7 Å². The van der Waals surface area contributed by atoms with E-state index in [1.54, 1.807) is 7.05 Å². The van der Waals surface area contributed by atoms with E-state index in [2.05, 4.69) is 22.2 Å². The summed E-state index contributed by atoms with van der Waals surface area (Å²) in [7, 11) is 3.66. The molecule has 0 aromatic rings. The number of nitrogens with zero attached hydrogens (tertiary/aromatic N) is 3. The molecule has 120 valence electrons. The minimum atomic E-state index is -0.328. The highest BCUT2D eigenvalue weighted by atomic mass is 127. The van der Waals surface area contributed by atoms with Gasteiger partial charge in [0.25, 0.3) is 0 Å². The van der Waals surface area contributed by atoms with Crippen molar-refractivity contribution < 1.29 is 9.59 Å². The third-order valence-electron chi connectivity index (χ3n) is 3.03. The Bertz CT molecular complexity index is 384. The molecule has 21 heavy (non-hydrogen) atoms. The first-order valence-electron chi connectivity index (χ1n) is 6.71. The van der Waals surface area contributed by atoms with Crippen LogP contribution < -0.4 is 10.6 Å². The van der Waals surface area contributed by atoms with E-state index in [1.165, 1.54) is 4.90 Å². The minimum Gasteiger partial charge on any atom is -0.354 e. The number of carbonyl (C=O) groups excluding carboxylic acids is 2. The molecule has 2 N–H and O–H groups in total. The minimum absolute atomic E-state index is 0. The molecule has 3 amide bonds. The van der Waals surface area contributed by atoms with Crippen LogP contribution in [0.4, 0.5) is 4.79 Å². The molecule has 1 heterocycles. The lowest BCUT2D eigenvalue weighted by Crippen LogP contribution is -2.44. The fourth-order valence-corrected chi connectivity index (χ4v) is 1.92. The fraction of sp³-hybridized carbons (Fsp3) is 0.615. The predicted molar refractivity (Wildman–Crippen MR) is 93.9 cm³/mol. The lowest BCUT2D eigenvalue weighted by Gasteiger charge is -2.22. The highest BCUT2D eigenvalue weighted by Gasteiger charge is 2.27. The number of aliphatic imine (C=N–C) groups is 1. The molecule has 1 fully saturated rings. The number of imide groups is 1. The molecule has 0 atom stereocenters. The van der Waals surface area contributed by atoms with Crippen LogP contribution in [0.25, 0.3) is 0 Å². The van der Waals surface area contributed by atoms with Gasteiger partial charge < -0.3 is 15.5 Å². The van der Waals surface area contributed by atoms with Gasteiger partial charge in [-0.05, 0) is 12.8 Å². The normalized spacial score (nSPS) is 14.6. The van der Waals surface area contributed by atoms with Crippen LogP contribution in [0.1, 0.15) is 12.8 Å². The Morgan fingerprint density at radius 3 is 2.81 bits per heavy atom. The van der Waals surface area contributed by atoms with Crippen LogP contribution in [0.2, 0.25) is 0 Å². The van der Waals surface area contributed by atoms with Crippen molar-refractivity contribution in [3.8, 4) is 0 Å². The van der Waals surface area contributed by atoms with Gasteiger partial charge in [-0.1, -0.05) is 6.08 Å². The van der Waals surface area contributed by atoms with E-state index in [4.69, 9.17) is 0 Å². The fourth-order valence-electron chi connectivity index (χ4n) is 1.92. The summed E-state index contributed by atoms with van der Waals surface area (Å²) in [6.45, 7) is 5.47. The average Bonchev–Trinajstić information content (AvgIpc) is 2.75. The van der Waals surface area contributed by atoms with Gasteiger partial charge in [0.15, 0.2) is 5.96 Å². The Morgan fingerprint density at radius 1 is 1.57 bits per heavy atom. The zero-order chi connectivity index (χ0) is 15.0. The monoisotopic (exact) mass is 409 g/mol. The Labute approximate surface area is 142 Å². The first kappa shape index (κ1) is 19.7. The number of amides is 3. The van der Waals surface area contributed by atoms with Crippen LogP contribution >= 0.6 is 24.0 Å². The number of guanidine groups is 1. The van der Waals surface area contributed by atoms with Crippen LogP contribution in [-0.2, 0) is 4.79 Å². The smallest absolute Gasteiger partial charge is 0.324 e. The second kappa shape index (κ2) is 10.4. The number of unbranched alkanes of at least 4 members (excludes halogenated alkanes) is 1. The summed E-state index contributed by atoms with van der Waals surface area (Å²) in [4.78, 5) is 30.1. The second-order valence-corrected chi connectivity index (χ2v) is 4.53. The predicted octanol–water partition coefficient (Wildman–Crippen LogP) is 0.630. The first-order valence-corrected chi connectivity index (χ1v) is 6.71. The molecule has 0 saturated carbocycles. The molecule has 0 aromatic heterocycles. The standard InChI is InChI=1S/C13H23N5O2.HI/c1-4-5-6-8-17(3)12(14-2)15-7-9-18-11(19)10-16-13(18)20;/h4H,1,5-10H2,2-3H3,(H,14,15)(H,16,20);1H. The Balaban J connectivity index is 0.00000400. The molecule has 1 rings (SSSR count). The van der Waals surface area contributed by atoms with E-state index >= 15 is 0 Å². The topological polar surface area (TPSA) is 77.0 Å². The van der Waals surface area contributed by atoms with Gasteiger partial charge in [0.05, 0.1) is 6.54 Å². The molecule has 7 nitrogen and oxygen atoms in total. The molecule has 0 radical (unpaired) electrons. The number of allylic oxidation sites excluding steroid dienone is 1. The number of hydrogen-bond acceptors (Lipinski definition) is 3. The molecule has 1 saturated heterocycles. The first-order chi connectivity index (χ1) is 9.60. The zero-order valence-corrected chi connectivity index (χ0v) is 14.9. The maximum atomic E-state index is 11.4. The van der Waals surface area contributed by atoms with Crippen molar-refractivity contribution in [2.24, 2.45) is 4.99 Å². The van der Waals surface area contributed by atoms with Crippen molar-refractivity contribution in [1.82, 2.24) is 20.4 Å². The van der Waals surface area contributed by atoms with Gasteiger partial charge in [-0.2, -0.15) is 0 Å². The molecule has 0 bridgehead atoms. The number of carbonyl (C=O) groups is 2. The molecule has 8 heteroatoms. The highest BCUT2D eigenvalue weighted by molar-refractivity contribution is 14.0. The number of halogens is 1. The molecular formula is C13H24IN5O2. The lowest BCUT2D eigenvalue weighted by atomic mass is 10.3. The van der Waals surface area contributed by atoms with Crippen molar-refractivity contribution in [3.63, 3.8) is 0 Å². The summed E-state index contributed by atoms with van der Waals surface area (Å²) in [6, 6.07) is -0.328. The van der Waals surface area contributed by atoms with Crippen molar-refractivity contribution in [1.29, 1.82) is 0 Å². The third-order valence-corrected chi connectivity index (χ3v) is 3.03. The summed E-state index contributed by atoms with van der Waals surface area (Å²) in [5.74, 6) is 0.562. The van der Waals surface area contributed by atoms with Crippen molar-refractivity contribution in [2.75, 3.05) is 40.3 Å². The Kier molecular flexibility index (Phi) is 9.76. The van der Waals surface area contributed by atoms with Crippen molar-refractivity contribution in [3.05, 3.63) is 12.7 Å². The van der Waals surface area contributed by atoms with Gasteiger partial charge in [0.2, 0.25) is 5.91 Å². The maximum Gasteiger partial charge on any atom is 0.324 e. The lowest BCUT2D eigenvalue weighted by molar-refractivity contribution is -0.124. The number of nitrogens with one attached hydrogen (secondary N) is 2. The maximum absolute atomic E-state index is 11.4. The SMILES string of the molecule is C=CCCCN(C)C(=NC)NCCN1C(=O)CNC1=O.I. The summed E-state index contributed by atoms with van der Waals surface area (Å²) in [5.41, 5.74) is 0. The van der Waals surface area contributed by atoms with Crippen LogP contribution in [-0.4, -0.2) is 68.0 Å². The van der Waals surface area contributed by atoms with Gasteiger partial charge in [0.1, 0.15) is 0 Å². The molecule has 1 aliphatic heterocycles. The zero-order valence-electron chi connectivity index (χ0n) is 12.6. The van der Waals surface area contributed by atoms with Crippen molar-refractivity contribution >= 4 is 41.9 Å². The van der Waals surface area contributed by atoms with Crippen LogP contribution in [0.5, 0.6) is 0 Å². The van der Waals surface area contributed by atoms with Crippen LogP contribution in [0.3, 0.4) is 0 Å². The number of rotatable bonds is 7. The summed E-state index contributed by atoms with van der Waals surface area (Å²) >= 11 is 0. The summed E-state index contributed by atoms with van der Waals surface area (Å²) in [5, 5.41) is 5.63. The van der Waals surface area contributed by atoms with E-state index in [0.29, 0.717) is 13.1 Å². The van der Waals surface area contributed by atoms with E-state index in [0.717, 1.165) is 25.3 Å². The number of urea groups is 1. The Morgan fingerprint density at radius 2 is 2.29 bits per heavy atom. The van der Waals surface area contributed by atoms with E-state index in [9.17, 15) is 9.59 Å². The molecule has 0 aromatic carbocycles. The van der Waals surface area contributed by atoms with E-state index < -0.39 is 0 Å². The molecule has 0 spiro atoms. The molecule has 0 unspecified atom stereocenters. The van der Waals surface area contributed by atoms with E-state index in [-0.39, 0.29) is 42.5 Å². The number of hydrogen-bond donors (Lipinski definition) is 2. The van der Waals surface area contributed by atoms with Crippen LogP contribution in [0.15, 0.2) is 17.6 Å². The summed E-state index contributed by atoms with van der Waals surface area (Å²) < 4.78 is 0. The molecular weight excluding hydrogens is 385 g/mol. The van der Waals surface area contributed by atoms with Gasteiger partial charge in [-0.15, -0.1) is 30.6 Å². The largest absolute Gasteiger partial charge is 0.354 e.